The zero-order valence-electron chi connectivity index (χ0n) is 17.5. The third-order valence-corrected chi connectivity index (χ3v) is 7.39. The van der Waals surface area contributed by atoms with Crippen molar-refractivity contribution in [1.82, 2.24) is 4.31 Å². The molecule has 0 saturated carbocycles. The molecule has 31 heavy (non-hydrogen) atoms. The molecule has 0 aliphatic carbocycles. The Balaban J connectivity index is 1.74. The highest BCUT2D eigenvalue weighted by molar-refractivity contribution is 7.89. The molecule has 3 aromatic carbocycles. The summed E-state index contributed by atoms with van der Waals surface area (Å²) >= 11 is 0. The molecule has 3 aromatic rings. The number of benzene rings is 3. The molecule has 6 nitrogen and oxygen atoms in total. The van der Waals surface area contributed by atoms with Crippen molar-refractivity contribution in [2.24, 2.45) is 0 Å². The molecule has 0 amide bonds. The number of hydrogen-bond acceptors (Lipinski definition) is 5. The molecule has 1 aliphatic rings. The van der Waals surface area contributed by atoms with E-state index in [-0.39, 0.29) is 23.8 Å². The lowest BCUT2D eigenvalue weighted by Gasteiger charge is -2.28. The van der Waals surface area contributed by atoms with Crippen molar-refractivity contribution in [3.63, 3.8) is 0 Å². The predicted octanol–water partition coefficient (Wildman–Crippen LogP) is 3.90. The van der Waals surface area contributed by atoms with Crippen LogP contribution in [0.5, 0.6) is 17.2 Å². The molecule has 162 valence electrons. The largest absolute Gasteiger partial charge is 0.508 e. The maximum absolute atomic E-state index is 13.6. The number of aryl methyl sites for hydroxylation is 1. The third-order valence-electron chi connectivity index (χ3n) is 5.47. The summed E-state index contributed by atoms with van der Waals surface area (Å²) in [5.41, 5.74) is 2.69. The minimum atomic E-state index is -3.77. The van der Waals surface area contributed by atoms with Crippen LogP contribution in [0.25, 0.3) is 0 Å². The number of fused-ring (bicyclic) bond motifs is 1. The Morgan fingerprint density at radius 3 is 2.45 bits per heavy atom. The number of aromatic hydroxyl groups is 1. The maximum atomic E-state index is 13.6. The van der Waals surface area contributed by atoms with Crippen LogP contribution >= 0.6 is 0 Å². The highest BCUT2D eigenvalue weighted by atomic mass is 32.2. The van der Waals surface area contributed by atoms with Crippen molar-refractivity contribution >= 4 is 10.0 Å². The SMILES string of the molecule is COc1ccc2c(c1)OC[C@H](Cc1ccc(O)cc1)N(S(=O)(=O)c1ccc(C)cc1)C2. The molecular weight excluding hydrogens is 414 g/mol. The molecule has 1 aliphatic heterocycles. The van der Waals surface area contributed by atoms with Crippen LogP contribution in [0.2, 0.25) is 0 Å². The van der Waals surface area contributed by atoms with E-state index in [9.17, 15) is 13.5 Å². The average molecular weight is 440 g/mol. The topological polar surface area (TPSA) is 76.1 Å². The number of phenols is 1. The molecule has 0 saturated heterocycles. The summed E-state index contributed by atoms with van der Waals surface area (Å²) in [5, 5.41) is 9.58. The van der Waals surface area contributed by atoms with Gasteiger partial charge in [0.15, 0.2) is 0 Å². The number of rotatable bonds is 5. The second kappa shape index (κ2) is 8.61. The molecule has 1 N–H and O–H groups in total. The zero-order valence-corrected chi connectivity index (χ0v) is 18.3. The first-order valence-corrected chi connectivity index (χ1v) is 11.5. The van der Waals surface area contributed by atoms with Crippen LogP contribution in [-0.2, 0) is 23.0 Å². The second-order valence-electron chi connectivity index (χ2n) is 7.67. The highest BCUT2D eigenvalue weighted by Gasteiger charge is 2.35. The van der Waals surface area contributed by atoms with Gasteiger partial charge in [0, 0.05) is 18.2 Å². The van der Waals surface area contributed by atoms with Gasteiger partial charge in [-0.1, -0.05) is 35.9 Å². The summed E-state index contributed by atoms with van der Waals surface area (Å²) in [4.78, 5) is 0.255. The van der Waals surface area contributed by atoms with Gasteiger partial charge in [-0.2, -0.15) is 4.31 Å². The Morgan fingerprint density at radius 1 is 1.06 bits per heavy atom. The normalized spacial score (nSPS) is 16.8. The maximum Gasteiger partial charge on any atom is 0.243 e. The van der Waals surface area contributed by atoms with Crippen LogP contribution in [0.3, 0.4) is 0 Å². The van der Waals surface area contributed by atoms with Gasteiger partial charge in [-0.15, -0.1) is 0 Å². The third kappa shape index (κ3) is 4.52. The minimum Gasteiger partial charge on any atom is -0.508 e. The Kier molecular flexibility index (Phi) is 5.89. The fourth-order valence-corrected chi connectivity index (χ4v) is 5.27. The van der Waals surface area contributed by atoms with Gasteiger partial charge in [-0.05, 0) is 49.2 Å². The van der Waals surface area contributed by atoms with Crippen LogP contribution in [0, 0.1) is 6.92 Å². The van der Waals surface area contributed by atoms with Crippen molar-refractivity contribution in [2.75, 3.05) is 13.7 Å². The van der Waals surface area contributed by atoms with Crippen LogP contribution < -0.4 is 9.47 Å². The van der Waals surface area contributed by atoms with Crippen molar-refractivity contribution in [1.29, 1.82) is 0 Å². The highest BCUT2D eigenvalue weighted by Crippen LogP contribution is 2.33. The fraction of sp³-hybridized carbons (Fsp3) is 0.250. The molecule has 0 bridgehead atoms. The summed E-state index contributed by atoms with van der Waals surface area (Å²) < 4.78 is 40.1. The van der Waals surface area contributed by atoms with E-state index in [4.69, 9.17) is 9.47 Å². The van der Waals surface area contributed by atoms with Crippen molar-refractivity contribution in [3.05, 3.63) is 83.4 Å². The van der Waals surface area contributed by atoms with E-state index in [1.807, 2.05) is 13.0 Å². The van der Waals surface area contributed by atoms with Gasteiger partial charge < -0.3 is 14.6 Å². The number of nitrogens with zero attached hydrogens (tertiary/aromatic N) is 1. The van der Waals surface area contributed by atoms with E-state index in [1.165, 1.54) is 4.31 Å². The van der Waals surface area contributed by atoms with Gasteiger partial charge >= 0.3 is 0 Å². The van der Waals surface area contributed by atoms with Crippen LogP contribution in [0.4, 0.5) is 0 Å². The van der Waals surface area contributed by atoms with Crippen LogP contribution in [0.15, 0.2) is 71.6 Å². The van der Waals surface area contributed by atoms with Crippen LogP contribution in [-0.4, -0.2) is 37.6 Å². The smallest absolute Gasteiger partial charge is 0.243 e. The molecule has 0 spiro atoms. The Bertz CT molecular complexity index is 1160. The molecule has 0 aromatic heterocycles. The fourth-order valence-electron chi connectivity index (χ4n) is 3.68. The Morgan fingerprint density at radius 2 is 1.77 bits per heavy atom. The van der Waals surface area contributed by atoms with Gasteiger partial charge in [0.1, 0.15) is 23.9 Å². The van der Waals surface area contributed by atoms with E-state index in [2.05, 4.69) is 0 Å². The molecule has 1 heterocycles. The first kappa shape index (κ1) is 21.2. The number of hydrogen-bond donors (Lipinski definition) is 1. The Hall–Kier alpha value is -3.03. The van der Waals surface area contributed by atoms with Crippen molar-refractivity contribution < 1.29 is 23.0 Å². The lowest BCUT2D eigenvalue weighted by molar-refractivity contribution is 0.219. The van der Waals surface area contributed by atoms with E-state index in [0.717, 1.165) is 16.7 Å². The first-order valence-electron chi connectivity index (χ1n) is 10.0. The predicted molar refractivity (Wildman–Crippen MR) is 118 cm³/mol. The zero-order chi connectivity index (χ0) is 22.0. The monoisotopic (exact) mass is 439 g/mol. The number of sulfonamides is 1. The van der Waals surface area contributed by atoms with Gasteiger partial charge in [0.2, 0.25) is 10.0 Å². The molecule has 0 unspecified atom stereocenters. The lowest BCUT2D eigenvalue weighted by Crippen LogP contribution is -2.43. The lowest BCUT2D eigenvalue weighted by atomic mass is 10.1. The minimum absolute atomic E-state index is 0.171. The van der Waals surface area contributed by atoms with E-state index in [0.29, 0.717) is 17.9 Å². The van der Waals surface area contributed by atoms with Crippen molar-refractivity contribution in [3.8, 4) is 17.2 Å². The van der Waals surface area contributed by atoms with E-state index >= 15 is 0 Å². The first-order chi connectivity index (χ1) is 14.9. The van der Waals surface area contributed by atoms with Gasteiger partial charge in [-0.25, -0.2) is 8.42 Å². The molecular formula is C24H25NO5S. The second-order valence-corrected chi connectivity index (χ2v) is 9.56. The summed E-state index contributed by atoms with van der Waals surface area (Å²) in [6.45, 7) is 2.32. The number of methoxy groups -OCH3 is 1. The van der Waals surface area contributed by atoms with Crippen molar-refractivity contribution in [2.45, 2.75) is 30.8 Å². The van der Waals surface area contributed by atoms with Crippen LogP contribution in [0.1, 0.15) is 16.7 Å². The standard InChI is InChI=1S/C24H25NO5S/c1-17-3-11-23(12-4-17)31(27,28)25-15-19-7-10-22(29-2)14-24(19)30-16-20(25)13-18-5-8-21(26)9-6-18/h3-12,14,20,26H,13,15-16H2,1-2H3/t20-/m0/s1. The molecule has 4 rings (SSSR count). The Labute approximate surface area is 182 Å². The number of phenolic OH excluding ortho intramolecular Hbond substituents is 1. The molecule has 7 heteroatoms. The number of ether oxygens (including phenoxy) is 2. The molecule has 0 radical (unpaired) electrons. The summed E-state index contributed by atoms with van der Waals surface area (Å²) in [5.74, 6) is 1.45. The summed E-state index contributed by atoms with van der Waals surface area (Å²) in [6, 6.07) is 18.7. The van der Waals surface area contributed by atoms with Gasteiger partial charge in [0.25, 0.3) is 0 Å². The van der Waals surface area contributed by atoms with E-state index in [1.54, 1.807) is 67.8 Å². The average Bonchev–Trinajstić information content (AvgIpc) is 2.95. The molecule has 0 fully saturated rings. The van der Waals surface area contributed by atoms with Gasteiger partial charge in [-0.3, -0.25) is 0 Å². The summed E-state index contributed by atoms with van der Waals surface area (Å²) in [7, 11) is -2.18. The quantitative estimate of drug-likeness (QED) is 0.653. The molecule has 1 atom stereocenters. The summed E-state index contributed by atoms with van der Waals surface area (Å²) in [6.07, 6.45) is 0.455. The van der Waals surface area contributed by atoms with Gasteiger partial charge in [0.05, 0.1) is 18.0 Å². The van der Waals surface area contributed by atoms with E-state index < -0.39 is 16.1 Å².